The van der Waals surface area contributed by atoms with Gasteiger partial charge in [-0.1, -0.05) is 23.7 Å². The molecule has 1 saturated heterocycles. The van der Waals surface area contributed by atoms with Crippen LogP contribution in [0.2, 0.25) is 5.02 Å². The first-order chi connectivity index (χ1) is 10.4. The van der Waals surface area contributed by atoms with E-state index < -0.39 is 16.8 Å². The number of carboxylic acids is 1. The molecule has 4 nitrogen and oxygen atoms in total. The molecule has 0 radical (unpaired) electrons. The summed E-state index contributed by atoms with van der Waals surface area (Å²) in [6.07, 6.45) is 0. The van der Waals surface area contributed by atoms with Crippen molar-refractivity contribution in [3.05, 3.63) is 47.2 Å². The van der Waals surface area contributed by atoms with Gasteiger partial charge in [-0.25, -0.2) is 0 Å². The first-order valence-electron chi connectivity index (χ1n) is 6.89. The molecule has 0 amide bonds. The van der Waals surface area contributed by atoms with Gasteiger partial charge in [-0.3, -0.25) is 10.1 Å². The van der Waals surface area contributed by atoms with E-state index in [-0.39, 0.29) is 5.37 Å². The lowest BCUT2D eigenvalue weighted by Gasteiger charge is -2.20. The average Bonchev–Trinajstić information content (AvgIpc) is 3.02. The molecular formula is C16H16ClNO3S. The number of rotatable bonds is 3. The topological polar surface area (TPSA) is 62.5 Å². The number of carboxylic acid groups (broad SMARTS) is 1. The van der Waals surface area contributed by atoms with E-state index in [4.69, 9.17) is 16.0 Å². The molecule has 6 heteroatoms. The molecule has 2 N–H and O–H groups in total. The number of thioether (sulfide) groups is 1. The normalized spacial score (nSPS) is 23.6. The Morgan fingerprint density at radius 2 is 2.14 bits per heavy atom. The van der Waals surface area contributed by atoms with Crippen molar-refractivity contribution in [3.63, 3.8) is 0 Å². The van der Waals surface area contributed by atoms with Crippen LogP contribution in [-0.2, 0) is 4.79 Å². The van der Waals surface area contributed by atoms with Gasteiger partial charge < -0.3 is 9.52 Å². The predicted molar refractivity (Wildman–Crippen MR) is 88.1 cm³/mol. The molecule has 2 atom stereocenters. The van der Waals surface area contributed by atoms with Crippen molar-refractivity contribution < 1.29 is 14.3 Å². The zero-order valence-corrected chi connectivity index (χ0v) is 13.7. The van der Waals surface area contributed by atoms with Crippen LogP contribution >= 0.6 is 23.4 Å². The van der Waals surface area contributed by atoms with E-state index in [9.17, 15) is 9.90 Å². The molecule has 0 saturated carbocycles. The van der Waals surface area contributed by atoms with E-state index in [1.807, 2.05) is 50.2 Å². The summed E-state index contributed by atoms with van der Waals surface area (Å²) in [5.41, 5.74) is 0.899. The van der Waals surface area contributed by atoms with Gasteiger partial charge in [0.25, 0.3) is 0 Å². The maximum absolute atomic E-state index is 11.3. The van der Waals surface area contributed by atoms with E-state index in [0.717, 1.165) is 17.1 Å². The van der Waals surface area contributed by atoms with Crippen LogP contribution in [0.15, 0.2) is 40.8 Å². The molecule has 1 aliphatic heterocycles. The molecule has 1 fully saturated rings. The lowest BCUT2D eigenvalue weighted by Crippen LogP contribution is -2.43. The molecule has 2 unspecified atom stereocenters. The number of halogens is 1. The Kier molecular flexibility index (Phi) is 3.97. The van der Waals surface area contributed by atoms with Crippen molar-refractivity contribution >= 4 is 29.3 Å². The summed E-state index contributed by atoms with van der Waals surface area (Å²) < 4.78 is 5.49. The van der Waals surface area contributed by atoms with Gasteiger partial charge in [0.15, 0.2) is 0 Å². The summed E-state index contributed by atoms with van der Waals surface area (Å²) in [4.78, 5) is 11.3. The minimum Gasteiger partial charge on any atom is -0.480 e. The van der Waals surface area contributed by atoms with Gasteiger partial charge in [-0.05, 0) is 38.1 Å². The Bertz CT molecular complexity index is 713. The van der Waals surface area contributed by atoms with Crippen molar-refractivity contribution in [2.75, 3.05) is 0 Å². The SMILES string of the molecule is CC1(C)SC(c2ccc(-c3cccc(Cl)c3)o2)NC1C(=O)O. The Morgan fingerprint density at radius 1 is 1.36 bits per heavy atom. The molecule has 1 aliphatic rings. The lowest BCUT2D eigenvalue weighted by atomic mass is 10.0. The van der Waals surface area contributed by atoms with Crippen LogP contribution in [0.3, 0.4) is 0 Å². The van der Waals surface area contributed by atoms with Crippen LogP contribution < -0.4 is 5.32 Å². The summed E-state index contributed by atoms with van der Waals surface area (Å²) in [7, 11) is 0. The predicted octanol–water partition coefficient (Wildman–Crippen LogP) is 4.17. The first kappa shape index (κ1) is 15.5. The third-order valence-corrected chi connectivity index (χ3v) is 5.36. The van der Waals surface area contributed by atoms with Crippen molar-refractivity contribution in [2.45, 2.75) is 30.0 Å². The van der Waals surface area contributed by atoms with Gasteiger partial charge in [0, 0.05) is 15.3 Å². The summed E-state index contributed by atoms with van der Waals surface area (Å²) in [5, 5.41) is 12.9. The van der Waals surface area contributed by atoms with Crippen LogP contribution in [0, 0.1) is 0 Å². The van der Waals surface area contributed by atoms with E-state index in [1.54, 1.807) is 11.8 Å². The Labute approximate surface area is 137 Å². The fourth-order valence-electron chi connectivity index (χ4n) is 2.56. The fraction of sp³-hybridized carbons (Fsp3) is 0.312. The standard InChI is InChI=1S/C16H16ClNO3S/c1-16(2)13(15(19)20)18-14(22-16)12-7-6-11(21-12)9-4-3-5-10(17)8-9/h3-8,13-14,18H,1-2H3,(H,19,20). The van der Waals surface area contributed by atoms with Gasteiger partial charge in [-0.15, -0.1) is 11.8 Å². The molecule has 22 heavy (non-hydrogen) atoms. The smallest absolute Gasteiger partial charge is 0.322 e. The Balaban J connectivity index is 1.85. The molecule has 2 aromatic rings. The maximum Gasteiger partial charge on any atom is 0.322 e. The summed E-state index contributed by atoms with van der Waals surface area (Å²) in [5.74, 6) is 0.593. The van der Waals surface area contributed by atoms with Crippen LogP contribution in [0.1, 0.15) is 25.0 Å². The summed E-state index contributed by atoms with van der Waals surface area (Å²) in [6.45, 7) is 3.84. The summed E-state index contributed by atoms with van der Waals surface area (Å²) in [6, 6.07) is 10.6. The number of hydrogen-bond acceptors (Lipinski definition) is 4. The van der Waals surface area contributed by atoms with Crippen LogP contribution in [-0.4, -0.2) is 21.9 Å². The maximum atomic E-state index is 11.3. The molecule has 0 aliphatic carbocycles. The largest absolute Gasteiger partial charge is 0.480 e. The number of furan rings is 1. The number of nitrogens with one attached hydrogen (secondary N) is 1. The van der Waals surface area contributed by atoms with Crippen LogP contribution in [0.25, 0.3) is 11.3 Å². The average molecular weight is 338 g/mol. The number of aliphatic carboxylic acids is 1. The van der Waals surface area contributed by atoms with Crippen molar-refractivity contribution in [1.82, 2.24) is 5.32 Å². The van der Waals surface area contributed by atoms with Gasteiger partial charge in [-0.2, -0.15) is 0 Å². The molecule has 2 heterocycles. The quantitative estimate of drug-likeness (QED) is 0.880. The Morgan fingerprint density at radius 3 is 2.77 bits per heavy atom. The van der Waals surface area contributed by atoms with Crippen LogP contribution in [0.5, 0.6) is 0 Å². The lowest BCUT2D eigenvalue weighted by molar-refractivity contribution is -0.139. The zero-order chi connectivity index (χ0) is 15.9. The third kappa shape index (κ3) is 2.89. The van der Waals surface area contributed by atoms with Crippen molar-refractivity contribution in [1.29, 1.82) is 0 Å². The van der Waals surface area contributed by atoms with E-state index in [2.05, 4.69) is 5.32 Å². The van der Waals surface area contributed by atoms with E-state index in [0.29, 0.717) is 5.02 Å². The van der Waals surface area contributed by atoms with Crippen molar-refractivity contribution in [2.24, 2.45) is 0 Å². The van der Waals surface area contributed by atoms with Gasteiger partial charge in [0.05, 0.1) is 0 Å². The van der Waals surface area contributed by atoms with Gasteiger partial charge >= 0.3 is 5.97 Å². The van der Waals surface area contributed by atoms with E-state index in [1.165, 1.54) is 0 Å². The molecular weight excluding hydrogens is 322 g/mol. The molecule has 1 aromatic heterocycles. The molecule has 0 bridgehead atoms. The number of hydrogen-bond donors (Lipinski definition) is 2. The van der Waals surface area contributed by atoms with Crippen molar-refractivity contribution in [3.8, 4) is 11.3 Å². The summed E-state index contributed by atoms with van der Waals surface area (Å²) >= 11 is 7.55. The second-order valence-corrected chi connectivity index (χ2v) is 7.95. The second kappa shape index (κ2) is 5.65. The highest BCUT2D eigenvalue weighted by molar-refractivity contribution is 8.01. The molecule has 1 aromatic carbocycles. The Hall–Kier alpha value is -1.43. The molecule has 116 valence electrons. The zero-order valence-electron chi connectivity index (χ0n) is 12.2. The van der Waals surface area contributed by atoms with E-state index >= 15 is 0 Å². The number of benzene rings is 1. The highest BCUT2D eigenvalue weighted by Crippen LogP contribution is 2.46. The molecule has 3 rings (SSSR count). The fourth-order valence-corrected chi connectivity index (χ4v) is 4.11. The highest BCUT2D eigenvalue weighted by atomic mass is 35.5. The van der Waals surface area contributed by atoms with Gasteiger partial charge in [0.1, 0.15) is 22.9 Å². The monoisotopic (exact) mass is 337 g/mol. The third-order valence-electron chi connectivity index (χ3n) is 3.68. The van der Waals surface area contributed by atoms with Gasteiger partial charge in [0.2, 0.25) is 0 Å². The highest BCUT2D eigenvalue weighted by Gasteiger charge is 2.46. The second-order valence-electron chi connectivity index (χ2n) is 5.75. The minimum atomic E-state index is -0.846. The molecule has 0 spiro atoms. The number of carbonyl (C=O) groups is 1. The minimum absolute atomic E-state index is 0.177. The first-order valence-corrected chi connectivity index (χ1v) is 8.15. The van der Waals surface area contributed by atoms with Crippen LogP contribution in [0.4, 0.5) is 0 Å².